The molecular formula is C14H19FN2O4. The fourth-order valence-electron chi connectivity index (χ4n) is 1.60. The molecule has 1 aromatic rings. The second kappa shape index (κ2) is 8.21. The number of carboxylic acid groups (broad SMARTS) is 1. The molecule has 1 rings (SSSR count). The molecule has 1 amide bonds. The number of benzene rings is 1. The van der Waals surface area contributed by atoms with E-state index in [1.165, 1.54) is 0 Å². The molecule has 0 aromatic heterocycles. The van der Waals surface area contributed by atoms with Crippen molar-refractivity contribution in [3.05, 3.63) is 35.9 Å². The van der Waals surface area contributed by atoms with Crippen LogP contribution >= 0.6 is 0 Å². The zero-order valence-corrected chi connectivity index (χ0v) is 11.5. The number of aliphatic carboxylic acids is 1. The molecule has 116 valence electrons. The van der Waals surface area contributed by atoms with Crippen molar-refractivity contribution in [3.8, 4) is 0 Å². The van der Waals surface area contributed by atoms with Gasteiger partial charge in [-0.2, -0.15) is 0 Å². The number of carboxylic acids is 1. The Morgan fingerprint density at radius 1 is 1.33 bits per heavy atom. The van der Waals surface area contributed by atoms with Gasteiger partial charge in [-0.05, 0) is 18.4 Å². The molecule has 7 heteroatoms. The number of nitrogens with one attached hydrogen (secondary N) is 1. The number of amides is 1. The van der Waals surface area contributed by atoms with Crippen LogP contribution in [0.1, 0.15) is 18.4 Å². The molecule has 0 heterocycles. The Hall–Kier alpha value is -2.15. The van der Waals surface area contributed by atoms with E-state index in [-0.39, 0.29) is 26.0 Å². The summed E-state index contributed by atoms with van der Waals surface area (Å²) in [6.07, 6.45) is -0.442. The third-order valence-corrected chi connectivity index (χ3v) is 2.95. The molecule has 0 aliphatic rings. The van der Waals surface area contributed by atoms with Crippen LogP contribution in [0.15, 0.2) is 30.3 Å². The summed E-state index contributed by atoms with van der Waals surface area (Å²) >= 11 is 0. The van der Waals surface area contributed by atoms with Crippen molar-refractivity contribution in [1.29, 1.82) is 0 Å². The molecule has 21 heavy (non-hydrogen) atoms. The lowest BCUT2D eigenvalue weighted by Crippen LogP contribution is -2.50. The lowest BCUT2D eigenvalue weighted by Gasteiger charge is -2.20. The van der Waals surface area contributed by atoms with Crippen molar-refractivity contribution < 1.29 is 23.8 Å². The molecule has 1 unspecified atom stereocenters. The van der Waals surface area contributed by atoms with E-state index in [1.54, 1.807) is 0 Å². The molecule has 0 aliphatic carbocycles. The van der Waals surface area contributed by atoms with Gasteiger partial charge >= 0.3 is 12.1 Å². The number of halogens is 1. The zero-order valence-electron chi connectivity index (χ0n) is 11.5. The number of carbonyl (C=O) groups excluding carboxylic acids is 1. The number of alkyl carbamates (subject to hydrolysis) is 1. The van der Waals surface area contributed by atoms with Crippen LogP contribution in [-0.2, 0) is 16.1 Å². The highest BCUT2D eigenvalue weighted by molar-refractivity contribution is 5.78. The summed E-state index contributed by atoms with van der Waals surface area (Å²) in [5.41, 5.74) is 4.34. The summed E-state index contributed by atoms with van der Waals surface area (Å²) < 4.78 is 17.5. The van der Waals surface area contributed by atoms with Crippen LogP contribution in [0.5, 0.6) is 0 Å². The molecule has 0 aliphatic heterocycles. The van der Waals surface area contributed by atoms with E-state index in [9.17, 15) is 14.0 Å². The second-order valence-corrected chi connectivity index (χ2v) is 4.69. The van der Waals surface area contributed by atoms with Gasteiger partial charge < -0.3 is 20.9 Å². The molecule has 0 saturated heterocycles. The summed E-state index contributed by atoms with van der Waals surface area (Å²) in [5, 5.41) is 11.2. The van der Waals surface area contributed by atoms with Crippen LogP contribution < -0.4 is 11.1 Å². The van der Waals surface area contributed by atoms with Gasteiger partial charge in [0.15, 0.2) is 0 Å². The van der Waals surface area contributed by atoms with E-state index in [4.69, 9.17) is 15.6 Å². The molecule has 0 bridgehead atoms. The van der Waals surface area contributed by atoms with Crippen molar-refractivity contribution in [1.82, 2.24) is 5.32 Å². The van der Waals surface area contributed by atoms with Crippen LogP contribution in [0, 0.1) is 0 Å². The highest BCUT2D eigenvalue weighted by Gasteiger charge is 2.33. The number of hydrogen-bond acceptors (Lipinski definition) is 4. The topological polar surface area (TPSA) is 102 Å². The summed E-state index contributed by atoms with van der Waals surface area (Å²) in [4.78, 5) is 22.2. The van der Waals surface area contributed by atoms with Crippen molar-refractivity contribution >= 4 is 12.1 Å². The van der Waals surface area contributed by atoms with Gasteiger partial charge in [-0.25, -0.2) is 9.18 Å². The van der Waals surface area contributed by atoms with Crippen LogP contribution in [0.25, 0.3) is 0 Å². The molecule has 1 aromatic carbocycles. The molecule has 4 N–H and O–H groups in total. The quantitative estimate of drug-likeness (QED) is 0.630. The number of ether oxygens (including phenoxy) is 1. The van der Waals surface area contributed by atoms with E-state index in [0.29, 0.717) is 0 Å². The minimum atomic E-state index is -1.89. The Bertz CT molecular complexity index is 469. The SMILES string of the molecule is NC(CF)(CCCNC(=O)OCc1ccccc1)C(=O)O. The van der Waals surface area contributed by atoms with Gasteiger partial charge in [0.2, 0.25) is 0 Å². The van der Waals surface area contributed by atoms with Gasteiger partial charge in [-0.3, -0.25) is 4.79 Å². The third kappa shape index (κ3) is 5.78. The average Bonchev–Trinajstić information content (AvgIpc) is 2.50. The van der Waals surface area contributed by atoms with Crippen LogP contribution in [-0.4, -0.2) is 35.9 Å². The first-order valence-electron chi connectivity index (χ1n) is 6.51. The molecular weight excluding hydrogens is 279 g/mol. The number of nitrogens with two attached hydrogens (primary N) is 1. The fourth-order valence-corrected chi connectivity index (χ4v) is 1.60. The third-order valence-electron chi connectivity index (χ3n) is 2.95. The Balaban J connectivity index is 2.21. The molecule has 0 spiro atoms. The average molecular weight is 298 g/mol. The van der Waals surface area contributed by atoms with Gasteiger partial charge in [-0.1, -0.05) is 30.3 Å². The van der Waals surface area contributed by atoms with Crippen molar-refractivity contribution in [2.45, 2.75) is 25.0 Å². The van der Waals surface area contributed by atoms with Gasteiger partial charge in [-0.15, -0.1) is 0 Å². The number of rotatable bonds is 8. The van der Waals surface area contributed by atoms with Crippen LogP contribution in [0.2, 0.25) is 0 Å². The lowest BCUT2D eigenvalue weighted by molar-refractivity contribution is -0.144. The normalized spacial score (nSPS) is 13.2. The molecule has 0 fully saturated rings. The highest BCUT2D eigenvalue weighted by Crippen LogP contribution is 2.10. The summed E-state index contributed by atoms with van der Waals surface area (Å²) in [5.74, 6) is -1.39. The van der Waals surface area contributed by atoms with E-state index >= 15 is 0 Å². The number of hydrogen-bond donors (Lipinski definition) is 3. The van der Waals surface area contributed by atoms with Crippen LogP contribution in [0.4, 0.5) is 9.18 Å². The number of carbonyl (C=O) groups is 2. The monoisotopic (exact) mass is 298 g/mol. The van der Waals surface area contributed by atoms with Gasteiger partial charge in [0.05, 0.1) is 0 Å². The Morgan fingerprint density at radius 3 is 2.57 bits per heavy atom. The Labute approximate surface area is 122 Å². The minimum Gasteiger partial charge on any atom is -0.480 e. The van der Waals surface area contributed by atoms with E-state index in [1.807, 2.05) is 30.3 Å². The first-order valence-corrected chi connectivity index (χ1v) is 6.51. The first-order chi connectivity index (χ1) is 9.98. The summed E-state index contributed by atoms with van der Waals surface area (Å²) in [6.45, 7) is -0.840. The Kier molecular flexibility index (Phi) is 6.61. The van der Waals surface area contributed by atoms with Crippen molar-refractivity contribution in [2.75, 3.05) is 13.2 Å². The molecule has 6 nitrogen and oxygen atoms in total. The molecule has 0 saturated carbocycles. The first kappa shape index (κ1) is 16.9. The van der Waals surface area contributed by atoms with Gasteiger partial charge in [0.25, 0.3) is 0 Å². The van der Waals surface area contributed by atoms with E-state index < -0.39 is 24.3 Å². The maximum atomic E-state index is 12.6. The summed E-state index contributed by atoms with van der Waals surface area (Å²) in [7, 11) is 0. The van der Waals surface area contributed by atoms with Gasteiger partial charge in [0, 0.05) is 6.54 Å². The second-order valence-electron chi connectivity index (χ2n) is 4.69. The van der Waals surface area contributed by atoms with Crippen molar-refractivity contribution in [2.24, 2.45) is 5.73 Å². The smallest absolute Gasteiger partial charge is 0.407 e. The largest absolute Gasteiger partial charge is 0.480 e. The summed E-state index contributed by atoms with van der Waals surface area (Å²) in [6, 6.07) is 9.17. The van der Waals surface area contributed by atoms with E-state index in [0.717, 1.165) is 5.56 Å². The molecule has 1 atom stereocenters. The maximum absolute atomic E-state index is 12.6. The van der Waals surface area contributed by atoms with Crippen molar-refractivity contribution in [3.63, 3.8) is 0 Å². The lowest BCUT2D eigenvalue weighted by atomic mass is 9.96. The highest BCUT2D eigenvalue weighted by atomic mass is 19.1. The predicted octanol–water partition coefficient (Wildman–Crippen LogP) is 1.44. The van der Waals surface area contributed by atoms with E-state index in [2.05, 4.69) is 5.32 Å². The molecule has 0 radical (unpaired) electrons. The maximum Gasteiger partial charge on any atom is 0.407 e. The van der Waals surface area contributed by atoms with Crippen LogP contribution in [0.3, 0.4) is 0 Å². The predicted molar refractivity (Wildman–Crippen MR) is 74.4 cm³/mol. The number of alkyl halides is 1. The Morgan fingerprint density at radius 2 is 2.00 bits per heavy atom. The standard InChI is InChI=1S/C14H19FN2O4/c15-10-14(16,12(18)19)7-4-8-17-13(20)21-9-11-5-2-1-3-6-11/h1-3,5-6H,4,7-10,16H2,(H,17,20)(H,18,19). The van der Waals surface area contributed by atoms with Gasteiger partial charge in [0.1, 0.15) is 18.8 Å². The fraction of sp³-hybridized carbons (Fsp3) is 0.429. The zero-order chi connectivity index (χ0) is 15.7. The minimum absolute atomic E-state index is 0.0716.